The van der Waals surface area contributed by atoms with Crippen molar-refractivity contribution < 1.29 is 5.11 Å². The fourth-order valence-corrected chi connectivity index (χ4v) is 2.48. The van der Waals surface area contributed by atoms with Gasteiger partial charge in [-0.2, -0.15) is 0 Å². The van der Waals surface area contributed by atoms with Crippen LogP contribution >= 0.6 is 12.4 Å². The fraction of sp³-hybridized carbons (Fsp3) is 0.500. The van der Waals surface area contributed by atoms with Gasteiger partial charge in [0.25, 0.3) is 0 Å². The van der Waals surface area contributed by atoms with Crippen LogP contribution in [-0.4, -0.2) is 22.3 Å². The van der Waals surface area contributed by atoms with E-state index in [2.05, 4.69) is 54.2 Å². The van der Waals surface area contributed by atoms with Gasteiger partial charge in [0.05, 0.1) is 6.61 Å². The normalized spacial score (nSPS) is 12.3. The molecule has 0 saturated carbocycles. The first-order valence-electron chi connectivity index (χ1n) is 7.21. The largest absolute Gasteiger partial charge is 0.395 e. The molecule has 3 nitrogen and oxygen atoms in total. The molecule has 2 N–H and O–H groups in total. The first kappa shape index (κ1) is 17.0. The smallest absolute Gasteiger partial charge is 0.0584 e. The zero-order valence-electron chi connectivity index (χ0n) is 12.3. The Labute approximate surface area is 127 Å². The van der Waals surface area contributed by atoms with Crippen LogP contribution < -0.4 is 5.32 Å². The first-order chi connectivity index (χ1) is 9.30. The molecule has 0 fully saturated rings. The van der Waals surface area contributed by atoms with E-state index in [1.807, 2.05) is 0 Å². The van der Waals surface area contributed by atoms with Crippen molar-refractivity contribution in [2.24, 2.45) is 0 Å². The molecule has 0 bridgehead atoms. The molecule has 4 heteroatoms. The van der Waals surface area contributed by atoms with Crippen LogP contribution in [0.2, 0.25) is 0 Å². The summed E-state index contributed by atoms with van der Waals surface area (Å²) in [6.07, 6.45) is 4.33. The van der Waals surface area contributed by atoms with Gasteiger partial charge in [0, 0.05) is 36.2 Å². The summed E-state index contributed by atoms with van der Waals surface area (Å²) in [6, 6.07) is 8.73. The Morgan fingerprint density at radius 1 is 1.25 bits per heavy atom. The molecule has 0 spiro atoms. The number of aryl methyl sites for hydroxylation is 1. The molecule has 0 amide bonds. The third-order valence-corrected chi connectivity index (χ3v) is 3.63. The Bertz CT molecular complexity index is 520. The van der Waals surface area contributed by atoms with Crippen molar-refractivity contribution in [3.05, 3.63) is 36.0 Å². The van der Waals surface area contributed by atoms with E-state index < -0.39 is 0 Å². The van der Waals surface area contributed by atoms with E-state index in [9.17, 15) is 5.11 Å². The quantitative estimate of drug-likeness (QED) is 0.822. The Balaban J connectivity index is 0.00000200. The van der Waals surface area contributed by atoms with Gasteiger partial charge in [-0.1, -0.05) is 32.0 Å². The minimum absolute atomic E-state index is 0. The summed E-state index contributed by atoms with van der Waals surface area (Å²) >= 11 is 0. The Hall–Kier alpha value is -1.03. The standard InChI is InChI=1S/C16H24N2O.ClH/c1-3-9-18-11-13(10-17-14(4-2)12-19)15-7-5-6-8-16(15)18;/h5-8,11,14,17,19H,3-4,9-10,12H2,1-2H3;1H. The second-order valence-electron chi connectivity index (χ2n) is 5.03. The Morgan fingerprint density at radius 2 is 2.00 bits per heavy atom. The van der Waals surface area contributed by atoms with Gasteiger partial charge in [0.15, 0.2) is 0 Å². The molecule has 0 aliphatic rings. The zero-order chi connectivity index (χ0) is 13.7. The lowest BCUT2D eigenvalue weighted by molar-refractivity contribution is 0.238. The maximum absolute atomic E-state index is 9.24. The van der Waals surface area contributed by atoms with Crippen molar-refractivity contribution in [3.63, 3.8) is 0 Å². The molecule has 0 saturated heterocycles. The van der Waals surface area contributed by atoms with Gasteiger partial charge in [0.2, 0.25) is 0 Å². The molecule has 1 aromatic heterocycles. The number of aliphatic hydroxyl groups is 1. The second-order valence-corrected chi connectivity index (χ2v) is 5.03. The van der Waals surface area contributed by atoms with E-state index in [1.54, 1.807) is 0 Å². The van der Waals surface area contributed by atoms with Crippen LogP contribution in [0.25, 0.3) is 10.9 Å². The number of rotatable bonds is 7. The molecule has 1 aromatic carbocycles. The van der Waals surface area contributed by atoms with E-state index in [0.717, 1.165) is 25.9 Å². The summed E-state index contributed by atoms with van der Waals surface area (Å²) in [6.45, 7) is 6.36. The molecule has 1 unspecified atom stereocenters. The summed E-state index contributed by atoms with van der Waals surface area (Å²) in [4.78, 5) is 0. The monoisotopic (exact) mass is 296 g/mol. The van der Waals surface area contributed by atoms with Gasteiger partial charge in [-0.05, 0) is 24.5 Å². The van der Waals surface area contributed by atoms with Crippen molar-refractivity contribution in [2.75, 3.05) is 6.61 Å². The summed E-state index contributed by atoms with van der Waals surface area (Å²) in [5.74, 6) is 0. The molecule has 0 aliphatic carbocycles. The van der Waals surface area contributed by atoms with Gasteiger partial charge in [-0.3, -0.25) is 0 Å². The van der Waals surface area contributed by atoms with Crippen LogP contribution in [-0.2, 0) is 13.1 Å². The molecular formula is C16H25ClN2O. The predicted octanol–water partition coefficient (Wildman–Crippen LogP) is 3.33. The summed E-state index contributed by atoms with van der Waals surface area (Å²) in [5, 5.41) is 14.0. The third-order valence-electron chi connectivity index (χ3n) is 3.63. The van der Waals surface area contributed by atoms with Crippen LogP contribution in [0.4, 0.5) is 0 Å². The van der Waals surface area contributed by atoms with Crippen molar-refractivity contribution in [1.82, 2.24) is 9.88 Å². The van der Waals surface area contributed by atoms with Gasteiger partial charge in [0.1, 0.15) is 0 Å². The molecular weight excluding hydrogens is 272 g/mol. The minimum Gasteiger partial charge on any atom is -0.395 e. The molecule has 112 valence electrons. The van der Waals surface area contributed by atoms with Crippen molar-refractivity contribution in [3.8, 4) is 0 Å². The second kappa shape index (κ2) is 8.30. The van der Waals surface area contributed by atoms with E-state index in [-0.39, 0.29) is 25.1 Å². The maximum atomic E-state index is 9.24. The highest BCUT2D eigenvalue weighted by molar-refractivity contribution is 5.85. The SMILES string of the molecule is CCCn1cc(CNC(CC)CO)c2ccccc21.Cl. The molecule has 20 heavy (non-hydrogen) atoms. The van der Waals surface area contributed by atoms with E-state index in [4.69, 9.17) is 0 Å². The number of hydrogen-bond donors (Lipinski definition) is 2. The van der Waals surface area contributed by atoms with E-state index in [1.165, 1.54) is 16.5 Å². The van der Waals surface area contributed by atoms with Crippen LogP contribution in [0.15, 0.2) is 30.5 Å². The average molecular weight is 297 g/mol. The zero-order valence-corrected chi connectivity index (χ0v) is 13.1. The third kappa shape index (κ3) is 3.75. The van der Waals surface area contributed by atoms with Gasteiger partial charge in [-0.15, -0.1) is 12.4 Å². The maximum Gasteiger partial charge on any atom is 0.0584 e. The number of aliphatic hydroxyl groups excluding tert-OH is 1. The number of nitrogens with one attached hydrogen (secondary N) is 1. The molecule has 0 aliphatic heterocycles. The Morgan fingerprint density at radius 3 is 2.65 bits per heavy atom. The highest BCUT2D eigenvalue weighted by Crippen LogP contribution is 2.21. The van der Waals surface area contributed by atoms with E-state index in [0.29, 0.717) is 0 Å². The number of para-hydroxylation sites is 1. The molecule has 1 atom stereocenters. The van der Waals surface area contributed by atoms with Gasteiger partial charge in [-0.25, -0.2) is 0 Å². The predicted molar refractivity (Wildman–Crippen MR) is 87.5 cm³/mol. The highest BCUT2D eigenvalue weighted by Gasteiger charge is 2.09. The lowest BCUT2D eigenvalue weighted by atomic mass is 10.1. The van der Waals surface area contributed by atoms with Gasteiger partial charge >= 0.3 is 0 Å². The van der Waals surface area contributed by atoms with Crippen LogP contribution in [0, 0.1) is 0 Å². The number of hydrogen-bond acceptors (Lipinski definition) is 2. The van der Waals surface area contributed by atoms with Crippen molar-refractivity contribution in [1.29, 1.82) is 0 Å². The average Bonchev–Trinajstić information content (AvgIpc) is 2.79. The topological polar surface area (TPSA) is 37.2 Å². The number of halogens is 1. The number of nitrogens with zero attached hydrogens (tertiary/aromatic N) is 1. The summed E-state index contributed by atoms with van der Waals surface area (Å²) < 4.78 is 2.33. The van der Waals surface area contributed by atoms with Gasteiger partial charge < -0.3 is 15.0 Å². The molecule has 2 rings (SSSR count). The fourth-order valence-electron chi connectivity index (χ4n) is 2.48. The van der Waals surface area contributed by atoms with Crippen molar-refractivity contribution >= 4 is 23.3 Å². The number of aromatic nitrogens is 1. The molecule has 1 heterocycles. The number of fused-ring (bicyclic) bond motifs is 1. The lowest BCUT2D eigenvalue weighted by Gasteiger charge is -2.13. The molecule has 2 aromatic rings. The lowest BCUT2D eigenvalue weighted by Crippen LogP contribution is -2.31. The summed E-state index contributed by atoms with van der Waals surface area (Å²) in [7, 11) is 0. The van der Waals surface area contributed by atoms with Crippen LogP contribution in [0.1, 0.15) is 32.3 Å². The van der Waals surface area contributed by atoms with Crippen molar-refractivity contribution in [2.45, 2.75) is 45.8 Å². The summed E-state index contributed by atoms with van der Waals surface area (Å²) in [5.41, 5.74) is 2.62. The van der Waals surface area contributed by atoms with Crippen LogP contribution in [0.3, 0.4) is 0 Å². The Kier molecular flexibility index (Phi) is 7.06. The first-order valence-corrected chi connectivity index (χ1v) is 7.21. The van der Waals surface area contributed by atoms with E-state index >= 15 is 0 Å². The number of benzene rings is 1. The minimum atomic E-state index is 0. The molecule has 0 radical (unpaired) electrons. The highest BCUT2D eigenvalue weighted by atomic mass is 35.5. The van der Waals surface area contributed by atoms with Crippen LogP contribution in [0.5, 0.6) is 0 Å².